The molecule has 0 saturated carbocycles. The Bertz CT molecular complexity index is 1420. The SMILES string of the molecule is C=CC/C=C(\C(=NC)c1ccc2c3c(c(CCl)nc2n1)OC1=C/C(C(F)(F)F)C=CC/C=C\1N3)C(F)(F)F.CC. The van der Waals surface area contributed by atoms with Crippen LogP contribution in [0.3, 0.4) is 0 Å². The van der Waals surface area contributed by atoms with Crippen molar-refractivity contribution in [2.24, 2.45) is 10.9 Å². The van der Waals surface area contributed by atoms with Crippen LogP contribution in [0, 0.1) is 5.92 Å². The van der Waals surface area contributed by atoms with E-state index in [1.165, 1.54) is 31.3 Å². The van der Waals surface area contributed by atoms with Gasteiger partial charge < -0.3 is 10.1 Å². The number of fused-ring (bicyclic) bond motifs is 4. The molecule has 1 unspecified atom stereocenters. The summed E-state index contributed by atoms with van der Waals surface area (Å²) in [6, 6.07) is 2.86. The van der Waals surface area contributed by atoms with E-state index in [0.717, 1.165) is 18.2 Å². The van der Waals surface area contributed by atoms with Crippen molar-refractivity contribution in [1.82, 2.24) is 9.97 Å². The van der Waals surface area contributed by atoms with Crippen LogP contribution in [0.4, 0.5) is 32.0 Å². The molecule has 3 heterocycles. The number of hydrogen-bond donors (Lipinski definition) is 1. The van der Waals surface area contributed by atoms with Crippen LogP contribution in [0.15, 0.2) is 77.2 Å². The van der Waals surface area contributed by atoms with Gasteiger partial charge >= 0.3 is 12.4 Å². The lowest BCUT2D eigenvalue weighted by Gasteiger charge is -2.28. The minimum atomic E-state index is -4.69. The molecule has 2 aromatic rings. The van der Waals surface area contributed by atoms with Gasteiger partial charge in [0.05, 0.1) is 40.2 Å². The minimum absolute atomic E-state index is 0.0276. The maximum Gasteiger partial charge on any atom is 0.418 e. The van der Waals surface area contributed by atoms with Crippen LogP contribution in [0.5, 0.6) is 5.75 Å². The first kappa shape index (κ1) is 30.9. The Labute approximate surface area is 232 Å². The molecular formula is C28H27ClF6N4O. The Hall–Kier alpha value is -3.60. The molecule has 0 spiro atoms. The molecule has 12 heteroatoms. The number of aromatic nitrogens is 2. The number of aliphatic imine (C=N–C) groups is 1. The van der Waals surface area contributed by atoms with Crippen LogP contribution in [0.2, 0.25) is 0 Å². The summed E-state index contributed by atoms with van der Waals surface area (Å²) in [6.07, 6.45) is -1.64. The lowest BCUT2D eigenvalue weighted by atomic mass is 10.0. The van der Waals surface area contributed by atoms with Gasteiger partial charge in [0, 0.05) is 12.4 Å². The molecule has 40 heavy (non-hydrogen) atoms. The molecule has 5 nitrogen and oxygen atoms in total. The largest absolute Gasteiger partial charge is 0.451 e. The lowest BCUT2D eigenvalue weighted by Crippen LogP contribution is -2.24. The van der Waals surface area contributed by atoms with Crippen LogP contribution < -0.4 is 10.1 Å². The van der Waals surface area contributed by atoms with Crippen LogP contribution in [0.25, 0.3) is 11.0 Å². The van der Waals surface area contributed by atoms with E-state index in [1.807, 2.05) is 13.8 Å². The Morgan fingerprint density at radius 3 is 2.52 bits per heavy atom. The minimum Gasteiger partial charge on any atom is -0.451 e. The van der Waals surface area contributed by atoms with Gasteiger partial charge in [0.25, 0.3) is 0 Å². The van der Waals surface area contributed by atoms with Gasteiger partial charge in [-0.1, -0.05) is 44.2 Å². The number of nitrogens with zero attached hydrogens (tertiary/aromatic N) is 3. The maximum absolute atomic E-state index is 13.8. The number of nitrogens with one attached hydrogen (secondary N) is 1. The van der Waals surface area contributed by atoms with E-state index in [1.54, 1.807) is 6.08 Å². The average molecular weight is 585 g/mol. The molecule has 0 radical (unpaired) electrons. The fraction of sp³-hybridized carbons (Fsp3) is 0.321. The first-order chi connectivity index (χ1) is 19.0. The molecule has 2 aliphatic rings. The quantitative estimate of drug-likeness (QED) is 0.165. The second kappa shape index (κ2) is 12.7. The summed E-state index contributed by atoms with van der Waals surface area (Å²) in [5.74, 6) is -1.97. The summed E-state index contributed by atoms with van der Waals surface area (Å²) in [5, 5.41) is 3.47. The molecule has 1 atom stereocenters. The lowest BCUT2D eigenvalue weighted by molar-refractivity contribution is -0.149. The van der Waals surface area contributed by atoms with Gasteiger partial charge in [0.15, 0.2) is 11.4 Å². The third-order valence-electron chi connectivity index (χ3n) is 5.76. The number of ether oxygens (including phenoxy) is 1. The van der Waals surface area contributed by atoms with Gasteiger partial charge in [-0.2, -0.15) is 26.3 Å². The van der Waals surface area contributed by atoms with E-state index in [2.05, 4.69) is 26.9 Å². The number of alkyl halides is 7. The molecule has 214 valence electrons. The molecule has 4 rings (SSSR count). The molecule has 0 saturated heterocycles. The molecular weight excluding hydrogens is 558 g/mol. The summed E-state index contributed by atoms with van der Waals surface area (Å²) >= 11 is 6.08. The molecule has 0 amide bonds. The summed E-state index contributed by atoms with van der Waals surface area (Å²) < 4.78 is 87.7. The zero-order valence-electron chi connectivity index (χ0n) is 21.9. The van der Waals surface area contributed by atoms with Crippen molar-refractivity contribution < 1.29 is 31.1 Å². The number of hydrogen-bond acceptors (Lipinski definition) is 5. The van der Waals surface area contributed by atoms with Crippen molar-refractivity contribution in [2.75, 3.05) is 12.4 Å². The van der Waals surface area contributed by atoms with E-state index >= 15 is 0 Å². The normalized spacial score (nSPS) is 20.2. The molecule has 0 fully saturated rings. The molecule has 0 aromatic carbocycles. The van der Waals surface area contributed by atoms with Crippen molar-refractivity contribution in [2.45, 2.75) is 44.9 Å². The Morgan fingerprint density at radius 2 is 1.93 bits per heavy atom. The molecule has 1 aliphatic heterocycles. The number of anilines is 1. The molecule has 1 N–H and O–H groups in total. The average Bonchev–Trinajstić information content (AvgIpc) is 2.90. The van der Waals surface area contributed by atoms with Gasteiger partial charge in [0.1, 0.15) is 11.5 Å². The zero-order chi connectivity index (χ0) is 29.7. The fourth-order valence-corrected chi connectivity index (χ4v) is 4.20. The van der Waals surface area contributed by atoms with Crippen molar-refractivity contribution in [1.29, 1.82) is 0 Å². The van der Waals surface area contributed by atoms with Crippen LogP contribution in [-0.4, -0.2) is 35.1 Å². The second-order valence-electron chi connectivity index (χ2n) is 8.28. The summed E-state index contributed by atoms with van der Waals surface area (Å²) in [5.41, 5.74) is -0.556. The highest BCUT2D eigenvalue weighted by Gasteiger charge is 2.39. The highest BCUT2D eigenvalue weighted by atomic mass is 35.5. The predicted molar refractivity (Wildman–Crippen MR) is 146 cm³/mol. The third-order valence-corrected chi connectivity index (χ3v) is 6.02. The van der Waals surface area contributed by atoms with Gasteiger partial charge in [-0.15, -0.1) is 18.2 Å². The Balaban J connectivity index is 0.00000216. The fourth-order valence-electron chi connectivity index (χ4n) is 4.02. The topological polar surface area (TPSA) is 59.4 Å². The van der Waals surface area contributed by atoms with Gasteiger partial charge in [-0.3, -0.25) is 4.99 Å². The van der Waals surface area contributed by atoms with Crippen molar-refractivity contribution in [3.8, 4) is 5.75 Å². The van der Waals surface area contributed by atoms with Gasteiger partial charge in [-0.05, 0) is 31.1 Å². The Morgan fingerprint density at radius 1 is 1.20 bits per heavy atom. The highest BCUT2D eigenvalue weighted by molar-refractivity contribution is 6.17. The number of halogens is 7. The molecule has 1 aliphatic carbocycles. The Kier molecular flexibility index (Phi) is 9.83. The zero-order valence-corrected chi connectivity index (χ0v) is 22.7. The molecule has 0 bridgehead atoms. The number of allylic oxidation sites excluding steroid dienone is 7. The summed E-state index contributed by atoms with van der Waals surface area (Å²) in [7, 11) is 1.23. The van der Waals surface area contributed by atoms with Gasteiger partial charge in [-0.25, -0.2) is 9.97 Å². The van der Waals surface area contributed by atoms with E-state index in [0.29, 0.717) is 16.8 Å². The van der Waals surface area contributed by atoms with Crippen molar-refractivity contribution in [3.63, 3.8) is 0 Å². The third kappa shape index (κ3) is 6.57. The maximum atomic E-state index is 13.8. The highest BCUT2D eigenvalue weighted by Crippen LogP contribution is 2.44. The monoisotopic (exact) mass is 584 g/mol. The van der Waals surface area contributed by atoms with E-state index in [9.17, 15) is 26.3 Å². The van der Waals surface area contributed by atoms with Gasteiger partial charge in [0.2, 0.25) is 0 Å². The second-order valence-corrected chi connectivity index (χ2v) is 8.55. The smallest absolute Gasteiger partial charge is 0.418 e. The first-order valence-corrected chi connectivity index (χ1v) is 12.9. The van der Waals surface area contributed by atoms with Crippen LogP contribution in [0.1, 0.15) is 38.1 Å². The predicted octanol–water partition coefficient (Wildman–Crippen LogP) is 8.59. The van der Waals surface area contributed by atoms with Crippen LogP contribution in [-0.2, 0) is 5.88 Å². The van der Waals surface area contributed by atoms with Crippen molar-refractivity contribution >= 4 is 34.0 Å². The summed E-state index contributed by atoms with van der Waals surface area (Å²) in [4.78, 5) is 12.5. The van der Waals surface area contributed by atoms with Crippen LogP contribution >= 0.6 is 11.6 Å². The standard InChI is InChI=1S/C26H21ClF6N4O.C2H6/c1-3-4-8-16(26(31,32)33)22(34-2)18-11-10-15-21-23(19(13-27)37-24(15)36-18)38-20-12-14(25(28,29)30)7-5-6-9-17(20)35-21;1-2/h3,5,7-12,14,35H,1,4,6,13H2,2H3;1-2H3/b7-5?,16-8+,17-9+,20-12+,34-22?;. The number of pyridine rings is 2. The van der Waals surface area contributed by atoms with E-state index < -0.39 is 23.8 Å². The molecule has 2 aromatic heterocycles. The first-order valence-electron chi connectivity index (χ1n) is 12.3. The number of rotatable bonds is 5. The van der Waals surface area contributed by atoms with E-state index in [-0.39, 0.29) is 53.0 Å². The summed E-state index contributed by atoms with van der Waals surface area (Å²) in [6.45, 7) is 7.45. The van der Waals surface area contributed by atoms with E-state index in [4.69, 9.17) is 16.3 Å². The van der Waals surface area contributed by atoms with Crippen molar-refractivity contribution in [3.05, 3.63) is 83.6 Å².